The van der Waals surface area contributed by atoms with E-state index in [9.17, 15) is 18.0 Å². The molecule has 2 aromatic rings. The van der Waals surface area contributed by atoms with Crippen molar-refractivity contribution in [2.24, 2.45) is 0 Å². The summed E-state index contributed by atoms with van der Waals surface area (Å²) in [6.07, 6.45) is -2.39. The van der Waals surface area contributed by atoms with Crippen molar-refractivity contribution < 1.29 is 23.1 Å². The highest BCUT2D eigenvalue weighted by Gasteiger charge is 2.27. The minimum atomic E-state index is -4.28. The van der Waals surface area contributed by atoms with Crippen molar-refractivity contribution in [3.05, 3.63) is 18.5 Å². The summed E-state index contributed by atoms with van der Waals surface area (Å²) in [6.45, 7) is -0.300. The number of fused-ring (bicyclic) bond motifs is 1. The molecule has 5 nitrogen and oxygen atoms in total. The zero-order chi connectivity index (χ0) is 14.8. The second-order valence-electron chi connectivity index (χ2n) is 3.96. The van der Waals surface area contributed by atoms with E-state index in [1.54, 1.807) is 6.07 Å². The summed E-state index contributed by atoms with van der Waals surface area (Å²) in [5, 5.41) is 8.90. The number of carboxylic acid groups (broad SMARTS) is 1. The molecule has 0 aliphatic heterocycles. The van der Waals surface area contributed by atoms with Gasteiger partial charge in [-0.3, -0.25) is 9.78 Å². The lowest BCUT2D eigenvalue weighted by atomic mass is 10.3. The zero-order valence-electron chi connectivity index (χ0n) is 10.1. The van der Waals surface area contributed by atoms with E-state index in [4.69, 9.17) is 5.11 Å². The van der Waals surface area contributed by atoms with Crippen LogP contribution in [0.4, 0.5) is 13.2 Å². The van der Waals surface area contributed by atoms with Crippen molar-refractivity contribution in [3.63, 3.8) is 0 Å². The fourth-order valence-corrected chi connectivity index (χ4v) is 2.41. The van der Waals surface area contributed by atoms with Crippen molar-refractivity contribution in [2.45, 2.75) is 24.3 Å². The number of aryl methyl sites for hydroxylation is 1. The van der Waals surface area contributed by atoms with Crippen LogP contribution in [0, 0.1) is 0 Å². The Kier molecular flexibility index (Phi) is 4.17. The van der Waals surface area contributed by atoms with Gasteiger partial charge in [0.05, 0.1) is 23.9 Å². The molecule has 0 saturated heterocycles. The third kappa shape index (κ3) is 3.62. The van der Waals surface area contributed by atoms with Crippen molar-refractivity contribution >= 4 is 28.8 Å². The maximum atomic E-state index is 12.3. The number of nitrogens with zero attached hydrogens (tertiary/aromatic N) is 3. The number of alkyl halides is 3. The third-order valence-electron chi connectivity index (χ3n) is 2.46. The molecular formula is C11H10F3N3O2S. The van der Waals surface area contributed by atoms with Gasteiger partial charge in [0.1, 0.15) is 5.52 Å². The molecule has 20 heavy (non-hydrogen) atoms. The average molecular weight is 305 g/mol. The van der Waals surface area contributed by atoms with Gasteiger partial charge in [0.2, 0.25) is 0 Å². The van der Waals surface area contributed by atoms with Crippen LogP contribution in [0.3, 0.4) is 0 Å². The highest BCUT2D eigenvalue weighted by Crippen LogP contribution is 2.27. The summed E-state index contributed by atoms with van der Waals surface area (Å²) in [5.41, 5.74) is 0.958. The van der Waals surface area contributed by atoms with E-state index in [-0.39, 0.29) is 17.5 Å². The number of pyridine rings is 1. The van der Waals surface area contributed by atoms with E-state index < -0.39 is 18.6 Å². The number of carboxylic acids is 1. The van der Waals surface area contributed by atoms with Gasteiger partial charge in [-0.15, -0.1) is 0 Å². The zero-order valence-corrected chi connectivity index (χ0v) is 10.9. The second-order valence-corrected chi connectivity index (χ2v) is 4.90. The van der Waals surface area contributed by atoms with Crippen LogP contribution >= 0.6 is 11.8 Å². The molecule has 0 fully saturated rings. The van der Waals surface area contributed by atoms with Gasteiger partial charge in [0.25, 0.3) is 0 Å². The molecule has 2 aromatic heterocycles. The highest BCUT2D eigenvalue weighted by molar-refractivity contribution is 7.99. The van der Waals surface area contributed by atoms with Gasteiger partial charge in [0.15, 0.2) is 5.16 Å². The minimum Gasteiger partial charge on any atom is -0.481 e. The fourth-order valence-electron chi connectivity index (χ4n) is 1.65. The first-order valence-electron chi connectivity index (χ1n) is 5.58. The first kappa shape index (κ1) is 14.6. The molecule has 0 atom stereocenters. The molecule has 0 unspecified atom stereocenters. The predicted molar refractivity (Wildman–Crippen MR) is 66.6 cm³/mol. The van der Waals surface area contributed by atoms with Crippen LogP contribution in [0.1, 0.15) is 6.42 Å². The number of thioether (sulfide) groups is 1. The molecule has 0 aliphatic carbocycles. The first-order chi connectivity index (χ1) is 9.37. The molecule has 0 saturated carbocycles. The maximum absolute atomic E-state index is 12.3. The van der Waals surface area contributed by atoms with E-state index in [2.05, 4.69) is 9.97 Å². The Morgan fingerprint density at radius 1 is 1.45 bits per heavy atom. The molecule has 2 rings (SSSR count). The summed E-state index contributed by atoms with van der Waals surface area (Å²) < 4.78 is 38.4. The van der Waals surface area contributed by atoms with Gasteiger partial charge >= 0.3 is 12.1 Å². The van der Waals surface area contributed by atoms with E-state index in [1.165, 1.54) is 17.0 Å². The third-order valence-corrected chi connectivity index (χ3v) is 3.42. The number of rotatable bonds is 5. The van der Waals surface area contributed by atoms with Gasteiger partial charge in [-0.1, -0.05) is 11.8 Å². The van der Waals surface area contributed by atoms with E-state index in [0.29, 0.717) is 11.0 Å². The van der Waals surface area contributed by atoms with Gasteiger partial charge in [-0.05, 0) is 6.07 Å². The number of hydrogen-bond acceptors (Lipinski definition) is 4. The second kappa shape index (κ2) is 5.70. The van der Waals surface area contributed by atoms with E-state index in [1.807, 2.05) is 0 Å². The summed E-state index contributed by atoms with van der Waals surface area (Å²) >= 11 is 0.889. The Morgan fingerprint density at radius 2 is 2.20 bits per heavy atom. The number of carbonyl (C=O) groups is 1. The van der Waals surface area contributed by atoms with Crippen molar-refractivity contribution in [1.29, 1.82) is 0 Å². The van der Waals surface area contributed by atoms with Crippen LogP contribution in [0.25, 0.3) is 11.0 Å². The Balaban J connectivity index is 2.31. The molecule has 0 amide bonds. The van der Waals surface area contributed by atoms with Gasteiger partial charge in [0, 0.05) is 12.7 Å². The standard InChI is InChI=1S/C11H10F3N3O2S/c12-11(13,14)2-4-17-8-1-3-15-5-7(8)16-10(17)20-6-9(18)19/h1,3,5H,2,4,6H2,(H,18,19). The Bertz CT molecular complexity index is 627. The molecule has 9 heteroatoms. The minimum absolute atomic E-state index is 0.250. The van der Waals surface area contributed by atoms with Gasteiger partial charge < -0.3 is 9.67 Å². The molecule has 2 heterocycles. The fraction of sp³-hybridized carbons (Fsp3) is 0.364. The van der Waals surface area contributed by atoms with Crippen molar-refractivity contribution in [3.8, 4) is 0 Å². The Hall–Kier alpha value is -1.77. The summed E-state index contributed by atoms with van der Waals surface area (Å²) in [7, 11) is 0. The Morgan fingerprint density at radius 3 is 2.85 bits per heavy atom. The van der Waals surface area contributed by atoms with Crippen LogP contribution < -0.4 is 0 Å². The van der Waals surface area contributed by atoms with Gasteiger partial charge in [-0.2, -0.15) is 13.2 Å². The SMILES string of the molecule is O=C(O)CSc1nc2cnccc2n1CCC(F)(F)F. The molecular weight excluding hydrogens is 295 g/mol. The van der Waals surface area contributed by atoms with Crippen LogP contribution in [-0.4, -0.2) is 37.5 Å². The molecule has 108 valence electrons. The normalized spacial score (nSPS) is 11.9. The van der Waals surface area contributed by atoms with Crippen molar-refractivity contribution in [1.82, 2.24) is 14.5 Å². The first-order valence-corrected chi connectivity index (χ1v) is 6.57. The summed E-state index contributed by atoms with van der Waals surface area (Å²) in [5.74, 6) is -1.31. The number of aliphatic carboxylic acids is 1. The lowest BCUT2D eigenvalue weighted by Gasteiger charge is -2.10. The smallest absolute Gasteiger partial charge is 0.390 e. The van der Waals surface area contributed by atoms with Crippen LogP contribution in [-0.2, 0) is 11.3 Å². The maximum Gasteiger partial charge on any atom is 0.390 e. The number of aromatic nitrogens is 3. The van der Waals surface area contributed by atoms with Crippen LogP contribution in [0.5, 0.6) is 0 Å². The summed E-state index contributed by atoms with van der Waals surface area (Å²) in [6, 6.07) is 1.56. The number of hydrogen-bond donors (Lipinski definition) is 1. The molecule has 0 spiro atoms. The average Bonchev–Trinajstić information content (AvgIpc) is 2.70. The molecule has 0 radical (unpaired) electrons. The largest absolute Gasteiger partial charge is 0.481 e. The van der Waals surface area contributed by atoms with E-state index in [0.717, 1.165) is 11.8 Å². The van der Waals surface area contributed by atoms with E-state index >= 15 is 0 Å². The van der Waals surface area contributed by atoms with Crippen LogP contribution in [0.2, 0.25) is 0 Å². The highest BCUT2D eigenvalue weighted by atomic mass is 32.2. The predicted octanol–water partition coefficient (Wildman–Crippen LogP) is 2.56. The summed E-state index contributed by atoms with van der Waals surface area (Å²) in [4.78, 5) is 18.5. The molecule has 0 bridgehead atoms. The Labute approximate surface area is 115 Å². The monoisotopic (exact) mass is 305 g/mol. The van der Waals surface area contributed by atoms with Crippen LogP contribution in [0.15, 0.2) is 23.6 Å². The molecule has 0 aliphatic rings. The lowest BCUT2D eigenvalue weighted by molar-refractivity contribution is -0.137. The number of halogens is 3. The quantitative estimate of drug-likeness (QED) is 0.860. The van der Waals surface area contributed by atoms with Crippen molar-refractivity contribution in [2.75, 3.05) is 5.75 Å². The lowest BCUT2D eigenvalue weighted by Crippen LogP contribution is -2.13. The topological polar surface area (TPSA) is 68.0 Å². The molecule has 0 aromatic carbocycles. The van der Waals surface area contributed by atoms with Gasteiger partial charge in [-0.25, -0.2) is 4.98 Å². The molecule has 1 N–H and O–H groups in total. The number of imidazole rings is 1.